The zero-order valence-corrected chi connectivity index (χ0v) is 19.0. The van der Waals surface area contributed by atoms with Gasteiger partial charge in [-0.2, -0.15) is 0 Å². The summed E-state index contributed by atoms with van der Waals surface area (Å²) in [5, 5.41) is 1.18. The van der Waals surface area contributed by atoms with E-state index in [9.17, 15) is 4.79 Å². The van der Waals surface area contributed by atoms with Crippen molar-refractivity contribution in [3.63, 3.8) is 0 Å². The maximum absolute atomic E-state index is 13.6. The normalized spacial score (nSPS) is 20.0. The summed E-state index contributed by atoms with van der Waals surface area (Å²) < 4.78 is 11.4. The van der Waals surface area contributed by atoms with Crippen LogP contribution in [0.2, 0.25) is 0 Å². The molecule has 5 rings (SSSR count). The van der Waals surface area contributed by atoms with E-state index in [1.54, 1.807) is 0 Å². The van der Waals surface area contributed by atoms with E-state index in [0.717, 1.165) is 55.9 Å². The highest BCUT2D eigenvalue weighted by Gasteiger charge is 2.26. The van der Waals surface area contributed by atoms with Gasteiger partial charge in [0.2, 0.25) is 0 Å². The third-order valence-electron chi connectivity index (χ3n) is 6.61. The second-order valence-corrected chi connectivity index (χ2v) is 8.93. The van der Waals surface area contributed by atoms with Crippen LogP contribution in [0.5, 0.6) is 0 Å². The Kier molecular flexibility index (Phi) is 6.95. The predicted molar refractivity (Wildman–Crippen MR) is 128 cm³/mol. The van der Waals surface area contributed by atoms with Crippen molar-refractivity contribution >= 4 is 16.8 Å². The Balaban J connectivity index is 1.32. The lowest BCUT2D eigenvalue weighted by Gasteiger charge is -2.28. The van der Waals surface area contributed by atoms with Crippen LogP contribution in [0.15, 0.2) is 60.8 Å². The quantitative estimate of drug-likeness (QED) is 0.603. The molecule has 6 heteroatoms. The molecular weight excluding hydrogens is 414 g/mol. The van der Waals surface area contributed by atoms with E-state index in [-0.39, 0.29) is 11.8 Å². The zero-order valence-electron chi connectivity index (χ0n) is 19.0. The zero-order chi connectivity index (χ0) is 22.5. The number of rotatable bonds is 5. The highest BCUT2D eigenvalue weighted by Crippen LogP contribution is 2.23. The van der Waals surface area contributed by atoms with Crippen LogP contribution < -0.4 is 0 Å². The van der Waals surface area contributed by atoms with Crippen molar-refractivity contribution in [3.8, 4) is 0 Å². The number of hydrogen-bond acceptors (Lipinski definition) is 5. The first-order valence-corrected chi connectivity index (χ1v) is 11.9. The molecule has 0 spiro atoms. The van der Waals surface area contributed by atoms with E-state index in [0.29, 0.717) is 26.3 Å². The highest BCUT2D eigenvalue weighted by atomic mass is 16.5. The monoisotopic (exact) mass is 445 g/mol. The average Bonchev–Trinajstić information content (AvgIpc) is 3.10. The van der Waals surface area contributed by atoms with Gasteiger partial charge in [0.05, 0.1) is 31.9 Å². The number of fused-ring (bicyclic) bond motifs is 1. The second kappa shape index (κ2) is 10.4. The fourth-order valence-electron chi connectivity index (χ4n) is 4.88. The van der Waals surface area contributed by atoms with Crippen molar-refractivity contribution in [2.75, 3.05) is 52.6 Å². The van der Waals surface area contributed by atoms with E-state index < -0.39 is 0 Å². The Morgan fingerprint density at radius 2 is 1.73 bits per heavy atom. The highest BCUT2D eigenvalue weighted by molar-refractivity contribution is 5.95. The molecule has 0 N–H and O–H groups in total. The van der Waals surface area contributed by atoms with Crippen LogP contribution in [0, 0.1) is 5.92 Å². The number of amides is 1. The summed E-state index contributed by atoms with van der Waals surface area (Å²) in [4.78, 5) is 22.5. The van der Waals surface area contributed by atoms with E-state index in [1.165, 1.54) is 10.9 Å². The maximum Gasteiger partial charge on any atom is 0.254 e. The molecule has 2 aliphatic rings. The van der Waals surface area contributed by atoms with Crippen LogP contribution >= 0.6 is 0 Å². The molecule has 2 fully saturated rings. The smallest absolute Gasteiger partial charge is 0.254 e. The third-order valence-corrected chi connectivity index (χ3v) is 6.61. The van der Waals surface area contributed by atoms with Gasteiger partial charge in [0.25, 0.3) is 5.91 Å². The van der Waals surface area contributed by atoms with Gasteiger partial charge in [0.15, 0.2) is 0 Å². The number of nitrogens with zero attached hydrogens (tertiary/aromatic N) is 3. The van der Waals surface area contributed by atoms with Crippen LogP contribution in [0.25, 0.3) is 10.9 Å². The molecule has 33 heavy (non-hydrogen) atoms. The standard InChI is InChI=1S/C27H31N3O3/c31-27(25-7-2-1-5-23(25)19-29-11-14-32-15-12-29)30-13-16-33-20-21(18-30)17-22-6-3-9-26-24(22)8-4-10-28-26/h1-10,21H,11-20H2. The van der Waals surface area contributed by atoms with Gasteiger partial charge in [-0.25, -0.2) is 0 Å². The molecule has 1 unspecified atom stereocenters. The topological polar surface area (TPSA) is 54.9 Å². The number of hydrogen-bond donors (Lipinski definition) is 0. The van der Waals surface area contributed by atoms with Crippen LogP contribution in [-0.2, 0) is 22.4 Å². The number of pyridine rings is 1. The van der Waals surface area contributed by atoms with Crippen LogP contribution in [0.4, 0.5) is 0 Å². The molecule has 0 bridgehead atoms. The van der Waals surface area contributed by atoms with Crippen molar-refractivity contribution in [3.05, 3.63) is 77.5 Å². The van der Waals surface area contributed by atoms with Crippen LogP contribution in [0.1, 0.15) is 21.5 Å². The molecule has 0 aliphatic carbocycles. The summed E-state index contributed by atoms with van der Waals surface area (Å²) in [7, 11) is 0. The Morgan fingerprint density at radius 3 is 2.64 bits per heavy atom. The molecule has 3 aromatic rings. The van der Waals surface area contributed by atoms with Gasteiger partial charge < -0.3 is 14.4 Å². The number of carbonyl (C=O) groups is 1. The molecule has 1 amide bonds. The van der Waals surface area contributed by atoms with E-state index >= 15 is 0 Å². The first kappa shape index (κ1) is 22.0. The van der Waals surface area contributed by atoms with Crippen molar-refractivity contribution in [2.45, 2.75) is 13.0 Å². The van der Waals surface area contributed by atoms with Gasteiger partial charge in [-0.3, -0.25) is 14.7 Å². The Hall–Kier alpha value is -2.80. The van der Waals surface area contributed by atoms with Gasteiger partial charge in [0.1, 0.15) is 0 Å². The Morgan fingerprint density at radius 1 is 0.909 bits per heavy atom. The first-order chi connectivity index (χ1) is 16.3. The lowest BCUT2D eigenvalue weighted by atomic mass is 9.96. The first-order valence-electron chi connectivity index (χ1n) is 11.9. The van der Waals surface area contributed by atoms with E-state index in [4.69, 9.17) is 9.47 Å². The number of carbonyl (C=O) groups excluding carboxylic acids is 1. The molecule has 1 atom stereocenters. The number of ether oxygens (including phenoxy) is 2. The summed E-state index contributed by atoms with van der Waals surface area (Å²) in [5.41, 5.74) is 4.16. The van der Waals surface area contributed by atoms with Crippen molar-refractivity contribution in [2.24, 2.45) is 5.92 Å². The number of benzene rings is 2. The largest absolute Gasteiger partial charge is 0.379 e. The van der Waals surface area contributed by atoms with Gasteiger partial charge in [-0.05, 0) is 35.7 Å². The Labute approximate surface area is 195 Å². The third kappa shape index (κ3) is 5.24. The Bertz CT molecular complexity index is 1090. The summed E-state index contributed by atoms with van der Waals surface area (Å²) in [6.07, 6.45) is 2.69. The molecule has 1 aromatic heterocycles. The second-order valence-electron chi connectivity index (χ2n) is 8.93. The molecule has 0 saturated carbocycles. The van der Waals surface area contributed by atoms with Gasteiger partial charge in [0, 0.05) is 55.8 Å². The SMILES string of the molecule is O=C(c1ccccc1CN1CCOCC1)N1CCOCC(Cc2cccc3ncccc23)C1. The lowest BCUT2D eigenvalue weighted by Crippen LogP contribution is -2.38. The average molecular weight is 446 g/mol. The summed E-state index contributed by atoms with van der Waals surface area (Å²) >= 11 is 0. The van der Waals surface area contributed by atoms with Gasteiger partial charge in [-0.15, -0.1) is 0 Å². The molecular formula is C27H31N3O3. The van der Waals surface area contributed by atoms with Gasteiger partial charge in [-0.1, -0.05) is 36.4 Å². The van der Waals surface area contributed by atoms with Crippen LogP contribution in [-0.4, -0.2) is 73.3 Å². The molecule has 2 aliphatic heterocycles. The molecule has 2 aromatic carbocycles. The minimum atomic E-state index is 0.106. The lowest BCUT2D eigenvalue weighted by molar-refractivity contribution is 0.0339. The summed E-state index contributed by atoms with van der Waals surface area (Å²) in [6.45, 7) is 6.66. The molecule has 6 nitrogen and oxygen atoms in total. The minimum Gasteiger partial charge on any atom is -0.379 e. The summed E-state index contributed by atoms with van der Waals surface area (Å²) in [5.74, 6) is 0.350. The van der Waals surface area contributed by atoms with E-state index in [1.807, 2.05) is 41.4 Å². The maximum atomic E-state index is 13.6. The molecule has 2 saturated heterocycles. The predicted octanol–water partition coefficient (Wildman–Crippen LogP) is 3.40. The molecule has 3 heterocycles. The minimum absolute atomic E-state index is 0.106. The number of aromatic nitrogens is 1. The molecule has 172 valence electrons. The molecule has 0 radical (unpaired) electrons. The van der Waals surface area contributed by atoms with Crippen molar-refractivity contribution < 1.29 is 14.3 Å². The summed E-state index contributed by atoms with van der Waals surface area (Å²) in [6, 6.07) is 18.4. The van der Waals surface area contributed by atoms with Crippen molar-refractivity contribution in [1.82, 2.24) is 14.8 Å². The van der Waals surface area contributed by atoms with Crippen molar-refractivity contribution in [1.29, 1.82) is 0 Å². The van der Waals surface area contributed by atoms with Crippen LogP contribution in [0.3, 0.4) is 0 Å². The fourth-order valence-corrected chi connectivity index (χ4v) is 4.88. The fraction of sp³-hybridized carbons (Fsp3) is 0.407. The van der Waals surface area contributed by atoms with Gasteiger partial charge >= 0.3 is 0 Å². The van der Waals surface area contributed by atoms with E-state index in [2.05, 4.69) is 34.1 Å². The number of morpholine rings is 1.